The van der Waals surface area contributed by atoms with Crippen molar-refractivity contribution in [2.75, 3.05) is 19.0 Å². The second kappa shape index (κ2) is 6.39. The minimum Gasteiger partial charge on any atom is -0.352 e. The molecule has 0 saturated carbocycles. The quantitative estimate of drug-likeness (QED) is 0.470. The van der Waals surface area contributed by atoms with Gasteiger partial charge in [-0.15, -0.1) is 0 Å². The van der Waals surface area contributed by atoms with E-state index in [0.717, 1.165) is 0 Å². The maximum Gasteiger partial charge on any atom is 0.166 e. The Hall–Kier alpha value is 0.270. The van der Waals surface area contributed by atoms with Crippen LogP contribution in [0.2, 0.25) is 0 Å². The van der Waals surface area contributed by atoms with Gasteiger partial charge in [0.1, 0.15) is 0 Å². The summed E-state index contributed by atoms with van der Waals surface area (Å²) >= 11 is 4.03. The maximum atomic E-state index is 5.13. The molecule has 0 saturated heterocycles. The minimum absolute atomic E-state index is 0.122. The molecule has 0 amide bonds. The molecule has 9 heavy (non-hydrogen) atoms. The van der Waals surface area contributed by atoms with Gasteiger partial charge < -0.3 is 9.47 Å². The molecular formula is C6H14O2S. The molecule has 0 aromatic heterocycles. The average Bonchev–Trinajstić information content (AvgIpc) is 1.88. The molecule has 56 valence electrons. The first-order valence-corrected chi connectivity index (χ1v) is 3.82. The van der Waals surface area contributed by atoms with Crippen LogP contribution in [0, 0.1) is 0 Å². The Balaban J connectivity index is 3.18. The van der Waals surface area contributed by atoms with Crippen molar-refractivity contribution in [3.05, 3.63) is 0 Å². The second-order valence-electron chi connectivity index (χ2n) is 1.52. The highest BCUT2D eigenvalue weighted by atomic mass is 32.1. The summed E-state index contributed by atoms with van der Waals surface area (Å²) in [4.78, 5) is 0. The monoisotopic (exact) mass is 150 g/mol. The number of hydrogen-bond acceptors (Lipinski definition) is 3. The van der Waals surface area contributed by atoms with E-state index in [2.05, 4.69) is 12.6 Å². The summed E-state index contributed by atoms with van der Waals surface area (Å²) in [6.45, 7) is 5.25. The van der Waals surface area contributed by atoms with Crippen LogP contribution in [-0.2, 0) is 9.47 Å². The first-order chi connectivity index (χ1) is 4.35. The van der Waals surface area contributed by atoms with Crippen LogP contribution >= 0.6 is 12.6 Å². The fourth-order valence-electron chi connectivity index (χ4n) is 0.525. The third-order valence-corrected chi connectivity index (χ3v) is 1.15. The summed E-state index contributed by atoms with van der Waals surface area (Å²) in [7, 11) is 0. The third kappa shape index (κ3) is 4.75. The van der Waals surface area contributed by atoms with Gasteiger partial charge in [0.05, 0.1) is 0 Å². The van der Waals surface area contributed by atoms with Crippen molar-refractivity contribution in [2.24, 2.45) is 0 Å². The third-order valence-electron chi connectivity index (χ3n) is 0.854. The lowest BCUT2D eigenvalue weighted by atomic mass is 10.7. The predicted molar refractivity (Wildman–Crippen MR) is 40.9 cm³/mol. The Kier molecular flexibility index (Phi) is 6.58. The summed E-state index contributed by atoms with van der Waals surface area (Å²) in [5.74, 6) is 0.627. The highest BCUT2D eigenvalue weighted by molar-refractivity contribution is 7.80. The molecule has 0 rings (SSSR count). The SMILES string of the molecule is CCOC(CS)OCC. The summed E-state index contributed by atoms with van der Waals surface area (Å²) in [6, 6.07) is 0. The Morgan fingerprint density at radius 2 is 1.67 bits per heavy atom. The largest absolute Gasteiger partial charge is 0.352 e. The van der Waals surface area contributed by atoms with Crippen molar-refractivity contribution in [3.8, 4) is 0 Å². The standard InChI is InChI=1S/C6H14O2S/c1-3-7-6(5-9)8-4-2/h6,9H,3-5H2,1-2H3. The molecule has 0 spiro atoms. The molecule has 0 N–H and O–H groups in total. The van der Waals surface area contributed by atoms with Gasteiger partial charge >= 0.3 is 0 Å². The minimum atomic E-state index is -0.122. The molecule has 0 atom stereocenters. The van der Waals surface area contributed by atoms with Crippen LogP contribution in [0.5, 0.6) is 0 Å². The predicted octanol–water partition coefficient (Wildman–Crippen LogP) is 1.32. The maximum absolute atomic E-state index is 5.13. The van der Waals surface area contributed by atoms with Crippen LogP contribution in [0.4, 0.5) is 0 Å². The van der Waals surface area contributed by atoms with E-state index in [1.807, 2.05) is 13.8 Å². The molecule has 0 bridgehead atoms. The normalized spacial score (nSPS) is 10.7. The molecule has 0 fully saturated rings. The smallest absolute Gasteiger partial charge is 0.166 e. The van der Waals surface area contributed by atoms with E-state index in [4.69, 9.17) is 9.47 Å². The first-order valence-electron chi connectivity index (χ1n) is 3.19. The topological polar surface area (TPSA) is 18.5 Å². The van der Waals surface area contributed by atoms with E-state index in [1.54, 1.807) is 0 Å². The van der Waals surface area contributed by atoms with E-state index >= 15 is 0 Å². The average molecular weight is 150 g/mol. The van der Waals surface area contributed by atoms with Gasteiger partial charge in [0, 0.05) is 19.0 Å². The number of ether oxygens (including phenoxy) is 2. The van der Waals surface area contributed by atoms with Gasteiger partial charge in [0.15, 0.2) is 6.29 Å². The lowest BCUT2D eigenvalue weighted by molar-refractivity contribution is -0.119. The van der Waals surface area contributed by atoms with Crippen molar-refractivity contribution in [3.63, 3.8) is 0 Å². The van der Waals surface area contributed by atoms with Gasteiger partial charge in [0.25, 0.3) is 0 Å². The van der Waals surface area contributed by atoms with Gasteiger partial charge in [-0.3, -0.25) is 0 Å². The van der Waals surface area contributed by atoms with Gasteiger partial charge in [-0.1, -0.05) is 0 Å². The molecule has 0 aromatic rings. The highest BCUT2D eigenvalue weighted by Gasteiger charge is 2.02. The van der Waals surface area contributed by atoms with Gasteiger partial charge in [-0.25, -0.2) is 0 Å². The fraction of sp³-hybridized carbons (Fsp3) is 1.00. The molecule has 3 heteroatoms. The van der Waals surface area contributed by atoms with Crippen LogP contribution in [0.25, 0.3) is 0 Å². The van der Waals surface area contributed by atoms with Gasteiger partial charge in [-0.05, 0) is 13.8 Å². The molecule has 0 aliphatic heterocycles. The zero-order valence-corrected chi connectivity index (χ0v) is 6.86. The van der Waals surface area contributed by atoms with Crippen LogP contribution in [0.15, 0.2) is 0 Å². The van der Waals surface area contributed by atoms with E-state index < -0.39 is 0 Å². The van der Waals surface area contributed by atoms with Crippen molar-refractivity contribution >= 4 is 12.6 Å². The number of hydrogen-bond donors (Lipinski definition) is 1. The van der Waals surface area contributed by atoms with E-state index in [-0.39, 0.29) is 6.29 Å². The Bertz CT molecular complexity index is 53.0. The van der Waals surface area contributed by atoms with E-state index in [0.29, 0.717) is 19.0 Å². The molecule has 0 aliphatic rings. The van der Waals surface area contributed by atoms with Crippen molar-refractivity contribution in [1.82, 2.24) is 0 Å². The molecule has 0 aliphatic carbocycles. The van der Waals surface area contributed by atoms with E-state index in [9.17, 15) is 0 Å². The molecule has 0 unspecified atom stereocenters. The second-order valence-corrected chi connectivity index (χ2v) is 1.89. The summed E-state index contributed by atoms with van der Waals surface area (Å²) in [6.07, 6.45) is -0.122. The zero-order valence-electron chi connectivity index (χ0n) is 5.96. The Morgan fingerprint density at radius 1 is 1.22 bits per heavy atom. The molecule has 2 nitrogen and oxygen atoms in total. The number of rotatable bonds is 5. The molecule has 0 radical (unpaired) electrons. The van der Waals surface area contributed by atoms with Gasteiger partial charge in [-0.2, -0.15) is 12.6 Å². The summed E-state index contributed by atoms with van der Waals surface area (Å²) in [5.41, 5.74) is 0. The highest BCUT2D eigenvalue weighted by Crippen LogP contribution is 1.96. The van der Waals surface area contributed by atoms with Crippen LogP contribution in [0.1, 0.15) is 13.8 Å². The fourth-order valence-corrected chi connectivity index (χ4v) is 0.736. The lowest BCUT2D eigenvalue weighted by Crippen LogP contribution is -2.18. The first kappa shape index (κ1) is 9.27. The summed E-state index contributed by atoms with van der Waals surface area (Å²) in [5, 5.41) is 0. The number of thiol groups is 1. The molecule has 0 heterocycles. The Morgan fingerprint density at radius 3 is 1.89 bits per heavy atom. The van der Waals surface area contributed by atoms with Crippen LogP contribution in [-0.4, -0.2) is 25.3 Å². The van der Waals surface area contributed by atoms with Crippen molar-refractivity contribution in [1.29, 1.82) is 0 Å². The lowest BCUT2D eigenvalue weighted by Gasteiger charge is -2.13. The molecular weight excluding hydrogens is 136 g/mol. The van der Waals surface area contributed by atoms with E-state index in [1.165, 1.54) is 0 Å². The van der Waals surface area contributed by atoms with Crippen LogP contribution in [0.3, 0.4) is 0 Å². The van der Waals surface area contributed by atoms with Crippen LogP contribution < -0.4 is 0 Å². The van der Waals surface area contributed by atoms with Gasteiger partial charge in [0.2, 0.25) is 0 Å². The Labute approximate surface area is 61.9 Å². The molecule has 0 aromatic carbocycles. The zero-order chi connectivity index (χ0) is 7.11. The van der Waals surface area contributed by atoms with Crippen molar-refractivity contribution < 1.29 is 9.47 Å². The summed E-state index contributed by atoms with van der Waals surface area (Å²) < 4.78 is 10.3. The van der Waals surface area contributed by atoms with Crippen molar-refractivity contribution in [2.45, 2.75) is 20.1 Å².